The fourth-order valence-corrected chi connectivity index (χ4v) is 12.5. The number of aliphatic hydroxyl groups is 8. The van der Waals surface area contributed by atoms with E-state index in [0.29, 0.717) is 18.4 Å². The van der Waals surface area contributed by atoms with E-state index in [4.69, 9.17) is 33.2 Å². The van der Waals surface area contributed by atoms with Crippen molar-refractivity contribution in [2.45, 2.75) is 176 Å². The molecule has 16 nitrogen and oxygen atoms in total. The van der Waals surface area contributed by atoms with Gasteiger partial charge in [0.25, 0.3) is 0 Å². The van der Waals surface area contributed by atoms with E-state index in [9.17, 15) is 45.6 Å². The van der Waals surface area contributed by atoms with Gasteiger partial charge in [-0.25, -0.2) is 4.79 Å². The second-order valence-corrected chi connectivity index (χ2v) is 18.9. The molecule has 4 heterocycles. The van der Waals surface area contributed by atoms with Gasteiger partial charge >= 0.3 is 5.97 Å². The van der Waals surface area contributed by atoms with Gasteiger partial charge in [-0.05, 0) is 92.4 Å². The maximum atomic E-state index is 12.5. The van der Waals surface area contributed by atoms with Crippen LogP contribution in [0.3, 0.4) is 0 Å². The number of carbonyl (C=O) groups excluding carboxylic acids is 1. The average molecular weight is 813 g/mol. The molecule has 0 spiro atoms. The van der Waals surface area contributed by atoms with Crippen LogP contribution in [0.25, 0.3) is 0 Å². The third kappa shape index (κ3) is 7.88. The van der Waals surface area contributed by atoms with Crippen molar-refractivity contribution in [3.63, 3.8) is 0 Å². The Kier molecular flexibility index (Phi) is 12.3. The standard InChI is InChI=1S/C41H64O16/c1-39-8-5-22(12-21(39)3-4-25-24(39)6-9-40(2)23(7-10-41(25,40)50)20-11-32(45)52-16-20)51-17-30-37(48)27(43)14-35(56-30)54-19-31-38(49)28(44)15-34(57-31)53-18-29-36(47)26(42)13-33(46)55-29/h11,21-31,33-38,42-44,46-50H,3-10,12-19H2,1-2H3. The van der Waals surface area contributed by atoms with Gasteiger partial charge < -0.3 is 74.0 Å². The maximum absolute atomic E-state index is 12.5. The van der Waals surface area contributed by atoms with Crippen LogP contribution in [-0.4, -0.2) is 159 Å². The monoisotopic (exact) mass is 812 g/mol. The molecule has 16 heteroatoms. The van der Waals surface area contributed by atoms with Crippen LogP contribution in [0.2, 0.25) is 0 Å². The summed E-state index contributed by atoms with van der Waals surface area (Å²) in [6.07, 6.45) is -3.98. The second kappa shape index (κ2) is 16.5. The highest BCUT2D eigenvalue weighted by Gasteiger charge is 2.67. The Balaban J connectivity index is 0.821. The molecule has 3 saturated heterocycles. The molecule has 4 saturated carbocycles. The number of aliphatic hydroxyl groups excluding tert-OH is 7. The van der Waals surface area contributed by atoms with E-state index in [1.165, 1.54) is 0 Å². The Morgan fingerprint density at radius 3 is 1.88 bits per heavy atom. The topological polar surface area (TPSA) is 244 Å². The molecule has 8 aliphatic rings. The van der Waals surface area contributed by atoms with Crippen LogP contribution in [0, 0.1) is 34.5 Å². The van der Waals surface area contributed by atoms with Gasteiger partial charge in [0.05, 0.1) is 49.8 Å². The summed E-state index contributed by atoms with van der Waals surface area (Å²) in [5.41, 5.74) is 0.0555. The third-order valence-electron chi connectivity index (χ3n) is 15.9. The van der Waals surface area contributed by atoms with Crippen LogP contribution in [-0.2, 0) is 38.0 Å². The number of cyclic esters (lactones) is 1. The first-order chi connectivity index (χ1) is 27.1. The summed E-state index contributed by atoms with van der Waals surface area (Å²) in [6.45, 7) is 4.56. The number of ether oxygens (including phenoxy) is 7. The fourth-order valence-electron chi connectivity index (χ4n) is 12.5. The normalized spacial score (nSPS) is 52.7. The van der Waals surface area contributed by atoms with Gasteiger partial charge in [0.1, 0.15) is 43.2 Å². The lowest BCUT2D eigenvalue weighted by Crippen LogP contribution is -2.62. The minimum absolute atomic E-state index is 0.0351. The van der Waals surface area contributed by atoms with Gasteiger partial charge in [-0.3, -0.25) is 0 Å². The van der Waals surface area contributed by atoms with Gasteiger partial charge in [-0.1, -0.05) is 13.8 Å². The number of carbonyl (C=O) groups is 1. The molecule has 0 aromatic carbocycles. The van der Waals surface area contributed by atoms with Crippen LogP contribution in [0.15, 0.2) is 11.6 Å². The molecule has 20 unspecified atom stereocenters. The van der Waals surface area contributed by atoms with Crippen molar-refractivity contribution in [1.29, 1.82) is 0 Å². The van der Waals surface area contributed by atoms with Crippen LogP contribution in [0.1, 0.15) is 90.9 Å². The quantitative estimate of drug-likeness (QED) is 0.137. The molecule has 0 aromatic heterocycles. The number of hydrogen-bond donors (Lipinski definition) is 8. The van der Waals surface area contributed by atoms with E-state index >= 15 is 0 Å². The predicted octanol–water partition coefficient (Wildman–Crippen LogP) is 0.165. The van der Waals surface area contributed by atoms with Crippen LogP contribution in [0.4, 0.5) is 0 Å². The van der Waals surface area contributed by atoms with Crippen molar-refractivity contribution >= 4 is 5.97 Å². The Hall–Kier alpha value is -1.35. The van der Waals surface area contributed by atoms with E-state index in [-0.39, 0.29) is 73.8 Å². The lowest BCUT2D eigenvalue weighted by molar-refractivity contribution is -0.303. The SMILES string of the molecule is CC12CCC(OCC3OC(OCC4OC(OCC5OC(O)CC(O)C5O)CC(O)C4O)CC(O)C3O)CC1CCC1C2CCC2(C)C(C3=CC(=O)OC3)CCC12O. The number of rotatable bonds is 10. The molecule has 0 radical (unpaired) electrons. The molecule has 8 rings (SSSR count). The zero-order chi connectivity index (χ0) is 40.4. The number of hydrogen-bond acceptors (Lipinski definition) is 16. The molecule has 0 aromatic rings. The first kappa shape index (κ1) is 42.3. The molecule has 4 aliphatic heterocycles. The lowest BCUT2D eigenvalue weighted by atomic mass is 9.43. The van der Waals surface area contributed by atoms with Crippen molar-refractivity contribution < 1.29 is 78.8 Å². The number of esters is 1. The fraction of sp³-hybridized carbons (Fsp3) is 0.927. The summed E-state index contributed by atoms with van der Waals surface area (Å²) < 4.78 is 40.5. The molecule has 0 amide bonds. The summed E-state index contributed by atoms with van der Waals surface area (Å²) in [5, 5.41) is 85.3. The highest BCUT2D eigenvalue weighted by Crippen LogP contribution is 2.70. The average Bonchev–Trinajstić information content (AvgIpc) is 3.72. The van der Waals surface area contributed by atoms with Gasteiger partial charge in [-0.15, -0.1) is 0 Å². The third-order valence-corrected chi connectivity index (χ3v) is 15.9. The van der Waals surface area contributed by atoms with E-state index in [2.05, 4.69) is 13.8 Å². The van der Waals surface area contributed by atoms with Crippen molar-refractivity contribution in [3.8, 4) is 0 Å². The Labute approximate surface area is 333 Å². The summed E-state index contributed by atoms with van der Waals surface area (Å²) in [7, 11) is 0. The van der Waals surface area contributed by atoms with Gasteiger partial charge in [0.15, 0.2) is 18.9 Å². The zero-order valence-electron chi connectivity index (χ0n) is 33.0. The summed E-state index contributed by atoms with van der Waals surface area (Å²) >= 11 is 0. The van der Waals surface area contributed by atoms with Crippen LogP contribution in [0.5, 0.6) is 0 Å². The van der Waals surface area contributed by atoms with Crippen molar-refractivity contribution in [2.24, 2.45) is 34.5 Å². The molecule has 20 atom stereocenters. The van der Waals surface area contributed by atoms with Crippen LogP contribution >= 0.6 is 0 Å². The van der Waals surface area contributed by atoms with Gasteiger partial charge in [-0.2, -0.15) is 0 Å². The summed E-state index contributed by atoms with van der Waals surface area (Å²) in [4.78, 5) is 11.9. The minimum Gasteiger partial charge on any atom is -0.458 e. The first-order valence-electron chi connectivity index (χ1n) is 21.3. The highest BCUT2D eigenvalue weighted by atomic mass is 16.7. The molecular weight excluding hydrogens is 748 g/mol. The second-order valence-electron chi connectivity index (χ2n) is 18.9. The molecule has 324 valence electrons. The summed E-state index contributed by atoms with van der Waals surface area (Å²) in [5.74, 6) is 0.921. The molecular formula is C41H64O16. The molecule has 7 fully saturated rings. The Bertz CT molecular complexity index is 1470. The molecule has 4 aliphatic carbocycles. The first-order valence-corrected chi connectivity index (χ1v) is 21.3. The maximum Gasteiger partial charge on any atom is 0.331 e. The lowest BCUT2D eigenvalue weighted by Gasteiger charge is -2.63. The zero-order valence-corrected chi connectivity index (χ0v) is 33.0. The van der Waals surface area contributed by atoms with Crippen molar-refractivity contribution in [2.75, 3.05) is 26.4 Å². The van der Waals surface area contributed by atoms with Gasteiger partial charge in [0.2, 0.25) is 0 Å². The smallest absolute Gasteiger partial charge is 0.331 e. The molecule has 0 bridgehead atoms. The summed E-state index contributed by atoms with van der Waals surface area (Å²) in [6, 6.07) is 0. The van der Waals surface area contributed by atoms with Crippen LogP contribution < -0.4 is 0 Å². The predicted molar refractivity (Wildman–Crippen MR) is 195 cm³/mol. The largest absolute Gasteiger partial charge is 0.458 e. The minimum atomic E-state index is -1.32. The van der Waals surface area contributed by atoms with E-state index in [1.807, 2.05) is 0 Å². The molecule has 57 heavy (non-hydrogen) atoms. The van der Waals surface area contributed by atoms with Crippen molar-refractivity contribution in [3.05, 3.63) is 11.6 Å². The van der Waals surface area contributed by atoms with E-state index in [0.717, 1.165) is 63.4 Å². The number of fused-ring (bicyclic) bond motifs is 5. The molecule has 8 N–H and O–H groups in total. The Morgan fingerprint density at radius 1 is 0.667 bits per heavy atom. The van der Waals surface area contributed by atoms with Crippen molar-refractivity contribution in [1.82, 2.24) is 0 Å². The Morgan fingerprint density at radius 2 is 1.26 bits per heavy atom. The van der Waals surface area contributed by atoms with E-state index in [1.54, 1.807) is 6.08 Å². The van der Waals surface area contributed by atoms with E-state index < -0.39 is 79.4 Å². The highest BCUT2D eigenvalue weighted by molar-refractivity contribution is 5.85. The van der Waals surface area contributed by atoms with Gasteiger partial charge in [0, 0.05) is 30.8 Å².